The first kappa shape index (κ1) is 23.0. The number of anilines is 1. The first-order chi connectivity index (χ1) is 15.9. The molecular formula is C25H27FN4O2S. The zero-order valence-corrected chi connectivity index (χ0v) is 19.6. The maximum Gasteiger partial charge on any atom is 0.259 e. The van der Waals surface area contributed by atoms with Crippen molar-refractivity contribution in [2.75, 3.05) is 29.9 Å². The highest BCUT2D eigenvalue weighted by Gasteiger charge is 2.21. The SMILES string of the molecule is CC(C)c1c(C(=O)Nc2ccc(CC(=O)N3CCSCC3)cc2)cnn1-c1ccc(F)cc1. The van der Waals surface area contributed by atoms with E-state index < -0.39 is 0 Å². The van der Waals surface area contributed by atoms with Gasteiger partial charge in [0.05, 0.1) is 29.6 Å². The lowest BCUT2D eigenvalue weighted by molar-refractivity contribution is -0.130. The molecule has 1 aliphatic heterocycles. The number of nitrogens with one attached hydrogen (secondary N) is 1. The van der Waals surface area contributed by atoms with E-state index in [2.05, 4.69) is 10.4 Å². The van der Waals surface area contributed by atoms with Crippen LogP contribution in [0.3, 0.4) is 0 Å². The maximum absolute atomic E-state index is 13.3. The Hall–Kier alpha value is -3.13. The molecule has 0 aliphatic carbocycles. The monoisotopic (exact) mass is 466 g/mol. The summed E-state index contributed by atoms with van der Waals surface area (Å²) in [5.74, 6) is 1.57. The standard InChI is InChI=1S/C25H27FN4O2S/c1-17(2)24-22(16-27-30(24)21-9-5-19(26)6-10-21)25(32)28-20-7-3-18(4-8-20)15-23(31)29-11-13-33-14-12-29/h3-10,16-17H,11-15H2,1-2H3,(H,28,32). The minimum absolute atomic E-state index is 0.0277. The average molecular weight is 467 g/mol. The Bertz CT molecular complexity index is 1120. The summed E-state index contributed by atoms with van der Waals surface area (Å²) >= 11 is 1.88. The van der Waals surface area contributed by atoms with Crippen LogP contribution in [0.2, 0.25) is 0 Å². The third-order valence-corrected chi connectivity index (χ3v) is 6.54. The molecule has 172 valence electrons. The van der Waals surface area contributed by atoms with Crippen LogP contribution in [0.15, 0.2) is 54.7 Å². The topological polar surface area (TPSA) is 67.2 Å². The number of halogens is 1. The number of hydrogen-bond donors (Lipinski definition) is 1. The average Bonchev–Trinajstić information content (AvgIpc) is 3.27. The molecule has 0 unspecified atom stereocenters. The number of benzene rings is 2. The number of nitrogens with zero attached hydrogens (tertiary/aromatic N) is 3. The highest BCUT2D eigenvalue weighted by atomic mass is 32.2. The van der Waals surface area contributed by atoms with Crippen molar-refractivity contribution in [1.29, 1.82) is 0 Å². The van der Waals surface area contributed by atoms with Crippen molar-refractivity contribution in [2.45, 2.75) is 26.2 Å². The van der Waals surface area contributed by atoms with Crippen molar-refractivity contribution < 1.29 is 14.0 Å². The normalized spacial score (nSPS) is 13.9. The largest absolute Gasteiger partial charge is 0.341 e. The number of carbonyl (C=O) groups is 2. The zero-order chi connectivity index (χ0) is 23.4. The van der Waals surface area contributed by atoms with Crippen LogP contribution < -0.4 is 5.32 Å². The second-order valence-corrected chi connectivity index (χ2v) is 9.53. The van der Waals surface area contributed by atoms with E-state index in [0.717, 1.165) is 35.9 Å². The second-order valence-electron chi connectivity index (χ2n) is 8.31. The number of aromatic nitrogens is 2. The second kappa shape index (κ2) is 10.2. The van der Waals surface area contributed by atoms with Crippen molar-refractivity contribution in [3.8, 4) is 5.69 Å². The molecule has 1 saturated heterocycles. The van der Waals surface area contributed by atoms with Gasteiger partial charge in [0.1, 0.15) is 5.82 Å². The van der Waals surface area contributed by atoms with Crippen LogP contribution in [0.5, 0.6) is 0 Å². The molecule has 33 heavy (non-hydrogen) atoms. The smallest absolute Gasteiger partial charge is 0.259 e. The number of carbonyl (C=O) groups excluding carboxylic acids is 2. The minimum atomic E-state index is -0.324. The summed E-state index contributed by atoms with van der Waals surface area (Å²) in [4.78, 5) is 27.4. The lowest BCUT2D eigenvalue weighted by atomic mass is 10.0. The van der Waals surface area contributed by atoms with Crippen LogP contribution in [-0.4, -0.2) is 51.1 Å². The quantitative estimate of drug-likeness (QED) is 0.581. The first-order valence-corrected chi connectivity index (χ1v) is 12.2. The molecule has 0 bridgehead atoms. The van der Waals surface area contributed by atoms with Crippen LogP contribution in [0, 0.1) is 5.82 Å². The van der Waals surface area contributed by atoms with E-state index >= 15 is 0 Å². The van der Waals surface area contributed by atoms with E-state index in [1.54, 1.807) is 16.8 Å². The number of hydrogen-bond acceptors (Lipinski definition) is 4. The lowest BCUT2D eigenvalue weighted by Crippen LogP contribution is -2.38. The summed E-state index contributed by atoms with van der Waals surface area (Å²) in [6, 6.07) is 13.4. The molecule has 0 spiro atoms. The minimum Gasteiger partial charge on any atom is -0.341 e. The molecule has 0 saturated carbocycles. The highest BCUT2D eigenvalue weighted by Crippen LogP contribution is 2.24. The molecule has 2 heterocycles. The Morgan fingerprint density at radius 3 is 2.36 bits per heavy atom. The predicted octanol–water partition coefficient (Wildman–Crippen LogP) is 4.51. The molecular weight excluding hydrogens is 439 g/mol. The molecule has 0 radical (unpaired) electrons. The van der Waals surface area contributed by atoms with Gasteiger partial charge in [0.2, 0.25) is 5.91 Å². The number of rotatable bonds is 6. The van der Waals surface area contributed by atoms with Gasteiger partial charge in [-0.2, -0.15) is 16.9 Å². The summed E-state index contributed by atoms with van der Waals surface area (Å²) < 4.78 is 15.0. The Balaban J connectivity index is 1.46. The van der Waals surface area contributed by atoms with Crippen LogP contribution in [-0.2, 0) is 11.2 Å². The Morgan fingerprint density at radius 1 is 1.06 bits per heavy atom. The molecule has 1 N–H and O–H groups in total. The fraction of sp³-hybridized carbons (Fsp3) is 0.320. The van der Waals surface area contributed by atoms with Crippen LogP contribution >= 0.6 is 11.8 Å². The molecule has 1 aromatic heterocycles. The maximum atomic E-state index is 13.3. The molecule has 6 nitrogen and oxygen atoms in total. The van der Waals surface area contributed by atoms with Gasteiger partial charge in [-0.25, -0.2) is 9.07 Å². The van der Waals surface area contributed by atoms with Gasteiger partial charge in [0, 0.05) is 30.3 Å². The van der Waals surface area contributed by atoms with Gasteiger partial charge in [-0.1, -0.05) is 26.0 Å². The van der Waals surface area contributed by atoms with Crippen molar-refractivity contribution in [2.24, 2.45) is 0 Å². The summed E-state index contributed by atoms with van der Waals surface area (Å²) in [7, 11) is 0. The molecule has 3 aromatic rings. The summed E-state index contributed by atoms with van der Waals surface area (Å²) in [5, 5.41) is 7.30. The number of amides is 2. The van der Waals surface area contributed by atoms with Crippen molar-refractivity contribution >= 4 is 29.3 Å². The van der Waals surface area contributed by atoms with E-state index in [1.807, 2.05) is 54.8 Å². The van der Waals surface area contributed by atoms with E-state index in [9.17, 15) is 14.0 Å². The van der Waals surface area contributed by atoms with Gasteiger partial charge < -0.3 is 10.2 Å². The third kappa shape index (κ3) is 5.45. The van der Waals surface area contributed by atoms with Gasteiger partial charge in [-0.3, -0.25) is 9.59 Å². The van der Waals surface area contributed by atoms with E-state index in [1.165, 1.54) is 18.3 Å². The summed E-state index contributed by atoms with van der Waals surface area (Å²) in [6.45, 7) is 5.59. The summed E-state index contributed by atoms with van der Waals surface area (Å²) in [5.41, 5.74) is 3.48. The fourth-order valence-corrected chi connectivity index (χ4v) is 4.78. The van der Waals surface area contributed by atoms with Gasteiger partial charge in [0.25, 0.3) is 5.91 Å². The van der Waals surface area contributed by atoms with Crippen LogP contribution in [0.25, 0.3) is 5.69 Å². The number of thioether (sulfide) groups is 1. The van der Waals surface area contributed by atoms with E-state index in [-0.39, 0.29) is 23.5 Å². The summed E-state index contributed by atoms with van der Waals surface area (Å²) in [6.07, 6.45) is 1.90. The lowest BCUT2D eigenvalue weighted by Gasteiger charge is -2.26. The van der Waals surface area contributed by atoms with Gasteiger partial charge in [0.15, 0.2) is 0 Å². The van der Waals surface area contributed by atoms with Gasteiger partial charge in [-0.05, 0) is 47.9 Å². The Labute approximate surface area is 197 Å². The molecule has 8 heteroatoms. The van der Waals surface area contributed by atoms with Gasteiger partial charge >= 0.3 is 0 Å². The van der Waals surface area contributed by atoms with E-state index in [4.69, 9.17) is 0 Å². The van der Waals surface area contributed by atoms with Crippen molar-refractivity contribution in [1.82, 2.24) is 14.7 Å². The third-order valence-electron chi connectivity index (χ3n) is 5.60. The predicted molar refractivity (Wildman–Crippen MR) is 130 cm³/mol. The van der Waals surface area contributed by atoms with Crippen molar-refractivity contribution in [3.63, 3.8) is 0 Å². The van der Waals surface area contributed by atoms with Gasteiger partial charge in [-0.15, -0.1) is 0 Å². The van der Waals surface area contributed by atoms with Crippen LogP contribution in [0.4, 0.5) is 10.1 Å². The molecule has 1 aliphatic rings. The first-order valence-electron chi connectivity index (χ1n) is 11.0. The Kier molecular flexibility index (Phi) is 7.13. The molecule has 0 atom stereocenters. The van der Waals surface area contributed by atoms with E-state index in [0.29, 0.717) is 23.4 Å². The van der Waals surface area contributed by atoms with Crippen molar-refractivity contribution in [3.05, 3.63) is 77.4 Å². The molecule has 2 aromatic carbocycles. The Morgan fingerprint density at radius 2 is 1.73 bits per heavy atom. The molecule has 2 amide bonds. The zero-order valence-electron chi connectivity index (χ0n) is 18.8. The molecule has 4 rings (SSSR count). The van der Waals surface area contributed by atoms with Crippen LogP contribution in [0.1, 0.15) is 41.4 Å². The fourth-order valence-electron chi connectivity index (χ4n) is 3.88. The highest BCUT2D eigenvalue weighted by molar-refractivity contribution is 7.99. The molecule has 1 fully saturated rings.